The molecule has 3 unspecified atom stereocenters. The number of carbonyl (C=O) groups is 2. The summed E-state index contributed by atoms with van der Waals surface area (Å²) in [6.45, 7) is 2.12. The first-order chi connectivity index (χ1) is 15.2. The number of amides is 2. The molecule has 4 rings (SSSR count). The number of aryl methyl sites for hydroxylation is 1. The van der Waals surface area contributed by atoms with Crippen LogP contribution in [0, 0.1) is 24.6 Å². The molecular weight excluding hydrogens is 415 g/mol. The fourth-order valence-electron chi connectivity index (χ4n) is 4.53. The number of benzene rings is 1. The number of nitrogens with zero attached hydrogens (tertiary/aromatic N) is 3. The average molecular weight is 442 g/mol. The van der Waals surface area contributed by atoms with Crippen LogP contribution in [-0.4, -0.2) is 46.6 Å². The van der Waals surface area contributed by atoms with E-state index in [1.807, 2.05) is 0 Å². The zero-order valence-electron chi connectivity index (χ0n) is 18.1. The summed E-state index contributed by atoms with van der Waals surface area (Å²) in [4.78, 5) is 34.8. The molecule has 32 heavy (non-hydrogen) atoms. The maximum atomic E-state index is 14.2. The number of anilines is 4. The number of aliphatic hydroxyl groups excluding tert-OH is 1. The van der Waals surface area contributed by atoms with Crippen LogP contribution in [0.2, 0.25) is 0 Å². The van der Waals surface area contributed by atoms with Crippen LogP contribution < -0.4 is 21.3 Å². The van der Waals surface area contributed by atoms with Crippen LogP contribution in [0.5, 0.6) is 0 Å². The van der Waals surface area contributed by atoms with Gasteiger partial charge in [0.25, 0.3) is 5.91 Å². The molecular formula is C22H27FN6O3. The minimum absolute atomic E-state index is 0.0281. The van der Waals surface area contributed by atoms with Gasteiger partial charge in [-0.15, -0.1) is 0 Å². The third kappa shape index (κ3) is 4.22. The molecule has 1 aliphatic heterocycles. The SMILES string of the molecule is Cc1cc(C(N)=O)c(F)cc1Nc1ncc2c(n1)NCC(C1CCCC(O)C1)C(=O)N2C. The van der Waals surface area contributed by atoms with E-state index < -0.39 is 11.7 Å². The summed E-state index contributed by atoms with van der Waals surface area (Å²) >= 11 is 0. The fraction of sp³-hybridized carbons (Fsp3) is 0.455. The third-order valence-electron chi connectivity index (χ3n) is 6.35. The summed E-state index contributed by atoms with van der Waals surface area (Å²) in [5, 5.41) is 16.3. The number of hydrogen-bond acceptors (Lipinski definition) is 7. The van der Waals surface area contributed by atoms with Crippen LogP contribution in [0.4, 0.5) is 27.5 Å². The van der Waals surface area contributed by atoms with Gasteiger partial charge < -0.3 is 26.4 Å². The highest BCUT2D eigenvalue weighted by atomic mass is 19.1. The predicted octanol–water partition coefficient (Wildman–Crippen LogP) is 2.32. The molecule has 1 saturated carbocycles. The lowest BCUT2D eigenvalue weighted by Crippen LogP contribution is -2.40. The molecule has 0 radical (unpaired) electrons. The average Bonchev–Trinajstić information content (AvgIpc) is 2.87. The van der Waals surface area contributed by atoms with Crippen molar-refractivity contribution in [2.24, 2.45) is 17.6 Å². The van der Waals surface area contributed by atoms with E-state index in [4.69, 9.17) is 5.73 Å². The molecule has 5 N–H and O–H groups in total. The molecule has 1 aromatic carbocycles. The Labute approximate surface area is 185 Å². The van der Waals surface area contributed by atoms with Gasteiger partial charge in [-0.25, -0.2) is 9.37 Å². The summed E-state index contributed by atoms with van der Waals surface area (Å²) in [5.41, 5.74) is 6.57. The van der Waals surface area contributed by atoms with Gasteiger partial charge in [0.15, 0.2) is 5.82 Å². The molecule has 9 nitrogen and oxygen atoms in total. The van der Waals surface area contributed by atoms with Crippen LogP contribution in [0.25, 0.3) is 0 Å². The van der Waals surface area contributed by atoms with Gasteiger partial charge in [-0.05, 0) is 49.8 Å². The van der Waals surface area contributed by atoms with E-state index >= 15 is 0 Å². The lowest BCUT2D eigenvalue weighted by atomic mass is 9.78. The minimum atomic E-state index is -0.838. The Morgan fingerprint density at radius 3 is 2.88 bits per heavy atom. The highest BCUT2D eigenvalue weighted by molar-refractivity contribution is 5.99. The smallest absolute Gasteiger partial charge is 0.251 e. The topological polar surface area (TPSA) is 133 Å². The van der Waals surface area contributed by atoms with E-state index in [1.165, 1.54) is 18.3 Å². The van der Waals surface area contributed by atoms with Gasteiger partial charge in [-0.2, -0.15) is 4.98 Å². The van der Waals surface area contributed by atoms with Crippen molar-refractivity contribution in [3.8, 4) is 0 Å². The van der Waals surface area contributed by atoms with Crippen molar-refractivity contribution in [2.45, 2.75) is 38.7 Å². The Kier molecular flexibility index (Phi) is 5.96. The van der Waals surface area contributed by atoms with Crippen LogP contribution >= 0.6 is 0 Å². The Morgan fingerprint density at radius 2 is 2.16 bits per heavy atom. The fourth-order valence-corrected chi connectivity index (χ4v) is 4.53. The standard InChI is InChI=1S/C22H27FN6O3/c1-11-6-14(19(24)31)16(23)8-17(11)27-22-26-10-18-20(28-22)25-9-15(21(32)29(18)2)12-4-3-5-13(30)7-12/h6,8,10,12-13,15,30H,3-5,7,9H2,1-2H3,(H2,24,31)(H2,25,26,27,28). The summed E-state index contributed by atoms with van der Waals surface area (Å²) in [6.07, 6.45) is 4.39. The van der Waals surface area contributed by atoms with Crippen molar-refractivity contribution in [2.75, 3.05) is 29.1 Å². The summed E-state index contributed by atoms with van der Waals surface area (Å²) in [6, 6.07) is 2.55. The van der Waals surface area contributed by atoms with E-state index in [9.17, 15) is 19.1 Å². The molecule has 2 amide bonds. The molecule has 0 spiro atoms. The number of rotatable bonds is 4. The van der Waals surface area contributed by atoms with Crippen molar-refractivity contribution < 1.29 is 19.1 Å². The minimum Gasteiger partial charge on any atom is -0.393 e. The molecule has 10 heteroatoms. The highest BCUT2D eigenvalue weighted by Gasteiger charge is 2.37. The Morgan fingerprint density at radius 1 is 1.38 bits per heavy atom. The molecule has 170 valence electrons. The number of carbonyl (C=O) groups excluding carboxylic acids is 2. The van der Waals surface area contributed by atoms with Crippen molar-refractivity contribution in [1.82, 2.24) is 9.97 Å². The van der Waals surface area contributed by atoms with Crippen molar-refractivity contribution >= 4 is 35.0 Å². The third-order valence-corrected chi connectivity index (χ3v) is 6.35. The lowest BCUT2D eigenvalue weighted by molar-refractivity contribution is -0.124. The second-order valence-electron chi connectivity index (χ2n) is 8.53. The first-order valence-corrected chi connectivity index (χ1v) is 10.7. The highest BCUT2D eigenvalue weighted by Crippen LogP contribution is 2.36. The van der Waals surface area contributed by atoms with Gasteiger partial charge in [-0.1, -0.05) is 6.42 Å². The summed E-state index contributed by atoms with van der Waals surface area (Å²) < 4.78 is 14.2. The summed E-state index contributed by atoms with van der Waals surface area (Å²) in [5.74, 6) is -1.05. The van der Waals surface area contributed by atoms with Crippen molar-refractivity contribution in [3.05, 3.63) is 35.3 Å². The number of primary amides is 1. The molecule has 3 atom stereocenters. The number of aliphatic hydroxyl groups is 1. The van der Waals surface area contributed by atoms with Gasteiger partial charge in [0.05, 0.1) is 23.8 Å². The van der Waals surface area contributed by atoms with Crippen LogP contribution in [0.1, 0.15) is 41.6 Å². The number of nitrogens with two attached hydrogens (primary N) is 1. The number of fused-ring (bicyclic) bond motifs is 1. The van der Waals surface area contributed by atoms with Gasteiger partial charge in [0, 0.05) is 19.3 Å². The zero-order valence-corrected chi connectivity index (χ0v) is 18.1. The number of nitrogens with one attached hydrogen (secondary N) is 2. The number of halogens is 1. The molecule has 0 saturated heterocycles. The molecule has 1 aromatic heterocycles. The second-order valence-corrected chi connectivity index (χ2v) is 8.53. The molecule has 2 aliphatic rings. The van der Waals surface area contributed by atoms with Crippen LogP contribution in [0.3, 0.4) is 0 Å². The zero-order chi connectivity index (χ0) is 23.0. The van der Waals surface area contributed by atoms with Crippen molar-refractivity contribution in [1.29, 1.82) is 0 Å². The maximum Gasteiger partial charge on any atom is 0.251 e. The van der Waals surface area contributed by atoms with Gasteiger partial charge >= 0.3 is 0 Å². The molecule has 2 heterocycles. The Hall–Kier alpha value is -3.27. The molecule has 1 fully saturated rings. The first kappa shape index (κ1) is 21.9. The molecule has 0 bridgehead atoms. The van der Waals surface area contributed by atoms with Crippen LogP contribution in [-0.2, 0) is 4.79 Å². The quantitative estimate of drug-likeness (QED) is 0.571. The van der Waals surface area contributed by atoms with E-state index in [1.54, 1.807) is 18.9 Å². The van der Waals surface area contributed by atoms with Crippen LogP contribution in [0.15, 0.2) is 18.3 Å². The second kappa shape index (κ2) is 8.70. The van der Waals surface area contributed by atoms with Gasteiger partial charge in [-0.3, -0.25) is 9.59 Å². The van der Waals surface area contributed by atoms with Gasteiger partial charge in [0.1, 0.15) is 11.5 Å². The predicted molar refractivity (Wildman–Crippen MR) is 118 cm³/mol. The van der Waals surface area contributed by atoms with E-state index in [0.717, 1.165) is 19.3 Å². The largest absolute Gasteiger partial charge is 0.393 e. The van der Waals surface area contributed by atoms with E-state index in [0.29, 0.717) is 35.7 Å². The van der Waals surface area contributed by atoms with Gasteiger partial charge in [0.2, 0.25) is 11.9 Å². The first-order valence-electron chi connectivity index (χ1n) is 10.7. The Bertz CT molecular complexity index is 1060. The lowest BCUT2D eigenvalue weighted by Gasteiger charge is -2.32. The van der Waals surface area contributed by atoms with E-state index in [-0.39, 0.29) is 35.4 Å². The number of aromatic nitrogens is 2. The Balaban J connectivity index is 1.57. The molecule has 2 aromatic rings. The normalized spacial score (nSPS) is 23.2. The van der Waals surface area contributed by atoms with E-state index in [2.05, 4.69) is 20.6 Å². The molecule has 1 aliphatic carbocycles. The maximum absolute atomic E-state index is 14.2. The summed E-state index contributed by atoms with van der Waals surface area (Å²) in [7, 11) is 1.69. The van der Waals surface area contributed by atoms with Crippen molar-refractivity contribution in [3.63, 3.8) is 0 Å². The number of hydrogen-bond donors (Lipinski definition) is 4. The monoisotopic (exact) mass is 442 g/mol.